The summed E-state index contributed by atoms with van der Waals surface area (Å²) >= 11 is 0. The van der Waals surface area contributed by atoms with Gasteiger partial charge in [0.1, 0.15) is 0 Å². The van der Waals surface area contributed by atoms with Crippen LogP contribution in [0.2, 0.25) is 0 Å². The van der Waals surface area contributed by atoms with Gasteiger partial charge in [-0.2, -0.15) is 22.0 Å². The van der Waals surface area contributed by atoms with E-state index in [9.17, 15) is 22.0 Å². The number of ether oxygens (including phenoxy) is 2. The maximum absolute atomic E-state index is 14.1. The molecule has 0 aromatic carbocycles. The van der Waals surface area contributed by atoms with Gasteiger partial charge in [0.15, 0.2) is 0 Å². The minimum absolute atomic E-state index is 0.00552. The average Bonchev–Trinajstić information content (AvgIpc) is 2.59. The van der Waals surface area contributed by atoms with Gasteiger partial charge in [-0.05, 0) is 0 Å². The van der Waals surface area contributed by atoms with E-state index in [4.69, 9.17) is 4.74 Å². The second-order valence-corrected chi connectivity index (χ2v) is 4.61. The highest BCUT2D eigenvalue weighted by Gasteiger charge is 2.53. The number of nitrogens with zero attached hydrogens (tertiary/aromatic N) is 2. The summed E-state index contributed by atoms with van der Waals surface area (Å²) in [5.74, 6) is 0. The van der Waals surface area contributed by atoms with Crippen LogP contribution < -0.4 is 0 Å². The Hall–Kier alpha value is -0.510. The molecule has 0 saturated carbocycles. The molecule has 1 fully saturated rings. The van der Waals surface area contributed by atoms with Gasteiger partial charge in [0, 0.05) is 39.9 Å². The molecule has 1 heterocycles. The van der Waals surface area contributed by atoms with Crippen LogP contribution in [0.15, 0.2) is 0 Å². The molecule has 20 heavy (non-hydrogen) atoms. The van der Waals surface area contributed by atoms with E-state index in [1.54, 1.807) is 0 Å². The summed E-state index contributed by atoms with van der Waals surface area (Å²) in [4.78, 5) is 1.37. The third-order valence-electron chi connectivity index (χ3n) is 3.17. The van der Waals surface area contributed by atoms with Gasteiger partial charge in [-0.25, -0.2) is 9.80 Å². The second-order valence-electron chi connectivity index (χ2n) is 4.61. The summed E-state index contributed by atoms with van der Waals surface area (Å²) in [6.45, 7) is -0.480. The summed E-state index contributed by atoms with van der Waals surface area (Å²) in [7, 11) is 2.57. The van der Waals surface area contributed by atoms with Gasteiger partial charge < -0.3 is 9.47 Å². The van der Waals surface area contributed by atoms with Crippen molar-refractivity contribution in [3.05, 3.63) is 0 Å². The van der Waals surface area contributed by atoms with Crippen LogP contribution in [0, 0.1) is 0 Å². The Morgan fingerprint density at radius 2 is 1.80 bits per heavy atom. The van der Waals surface area contributed by atoms with E-state index in [0.717, 1.165) is 4.90 Å². The molecule has 1 aliphatic heterocycles. The maximum atomic E-state index is 14.1. The topological polar surface area (TPSA) is 24.9 Å². The van der Waals surface area contributed by atoms with Gasteiger partial charge in [-0.15, -0.1) is 0 Å². The average molecular weight is 306 g/mol. The molecule has 0 aromatic rings. The molecule has 1 unspecified atom stereocenters. The van der Waals surface area contributed by atoms with Gasteiger partial charge in [0.25, 0.3) is 0 Å². The van der Waals surface area contributed by atoms with E-state index < -0.39 is 31.4 Å². The molecule has 9 heteroatoms. The Bertz CT molecular complexity index is 301. The zero-order chi connectivity index (χ0) is 15.4. The Kier molecular flexibility index (Phi) is 6.11. The van der Waals surface area contributed by atoms with Crippen molar-refractivity contribution in [1.82, 2.24) is 9.80 Å². The first-order chi connectivity index (χ1) is 9.22. The van der Waals surface area contributed by atoms with Crippen LogP contribution in [-0.2, 0) is 9.47 Å². The van der Waals surface area contributed by atoms with Crippen molar-refractivity contribution in [1.29, 1.82) is 0 Å². The van der Waals surface area contributed by atoms with Crippen molar-refractivity contribution < 1.29 is 31.4 Å². The number of halogens is 5. The first-order valence-electron chi connectivity index (χ1n) is 6.16. The van der Waals surface area contributed by atoms with E-state index in [0.29, 0.717) is 4.90 Å². The predicted octanol–water partition coefficient (Wildman–Crippen LogP) is 1.77. The lowest BCUT2D eigenvalue weighted by Crippen LogP contribution is -2.53. The summed E-state index contributed by atoms with van der Waals surface area (Å²) in [5, 5.41) is 0. The number of hydrogen-bond donors (Lipinski definition) is 0. The summed E-state index contributed by atoms with van der Waals surface area (Å²) < 4.78 is 75.0. The molecule has 1 saturated heterocycles. The third kappa shape index (κ3) is 4.51. The zero-order valence-electron chi connectivity index (χ0n) is 11.4. The van der Waals surface area contributed by atoms with E-state index in [1.807, 2.05) is 0 Å². The van der Waals surface area contributed by atoms with E-state index in [-0.39, 0.29) is 26.2 Å². The SMILES string of the molecule is COCCN1CCN(C(COC)CC(F)(F)F)C1(F)F. The van der Waals surface area contributed by atoms with Crippen LogP contribution in [-0.4, -0.2) is 75.3 Å². The second kappa shape index (κ2) is 6.97. The number of hydrogen-bond acceptors (Lipinski definition) is 4. The molecule has 0 aromatic heterocycles. The molecule has 1 aliphatic rings. The van der Waals surface area contributed by atoms with Crippen molar-refractivity contribution in [2.75, 3.05) is 47.1 Å². The molecule has 1 rings (SSSR count). The highest BCUT2D eigenvalue weighted by Crippen LogP contribution is 2.35. The predicted molar refractivity (Wildman–Crippen MR) is 61.4 cm³/mol. The molecular formula is C11H19F5N2O2. The third-order valence-corrected chi connectivity index (χ3v) is 3.17. The summed E-state index contributed by atoms with van der Waals surface area (Å²) in [5.41, 5.74) is 0. The largest absolute Gasteiger partial charge is 0.390 e. The van der Waals surface area contributed by atoms with Crippen molar-refractivity contribution in [2.24, 2.45) is 0 Å². The van der Waals surface area contributed by atoms with Crippen molar-refractivity contribution in [3.8, 4) is 0 Å². The van der Waals surface area contributed by atoms with Gasteiger partial charge in [0.05, 0.1) is 19.6 Å². The van der Waals surface area contributed by atoms with Gasteiger partial charge >= 0.3 is 12.3 Å². The molecule has 0 bridgehead atoms. The Morgan fingerprint density at radius 1 is 1.15 bits per heavy atom. The fourth-order valence-electron chi connectivity index (χ4n) is 2.25. The molecule has 4 nitrogen and oxygen atoms in total. The van der Waals surface area contributed by atoms with Gasteiger partial charge in [0.2, 0.25) is 0 Å². The first-order valence-corrected chi connectivity index (χ1v) is 6.16. The zero-order valence-corrected chi connectivity index (χ0v) is 11.4. The number of rotatable bonds is 7. The van der Waals surface area contributed by atoms with Crippen LogP contribution in [0.5, 0.6) is 0 Å². The molecule has 0 amide bonds. The van der Waals surface area contributed by atoms with Crippen LogP contribution in [0.3, 0.4) is 0 Å². The quantitative estimate of drug-likeness (QED) is 0.529. The van der Waals surface area contributed by atoms with Crippen molar-refractivity contribution in [3.63, 3.8) is 0 Å². The first kappa shape index (κ1) is 17.5. The Labute approximate surface area is 114 Å². The van der Waals surface area contributed by atoms with E-state index in [2.05, 4.69) is 4.74 Å². The van der Waals surface area contributed by atoms with Crippen LogP contribution in [0.25, 0.3) is 0 Å². The summed E-state index contributed by atoms with van der Waals surface area (Å²) in [6, 6.07) is -1.40. The smallest absolute Gasteiger partial charge is 0.383 e. The molecule has 1 atom stereocenters. The molecule has 0 N–H and O–H groups in total. The summed E-state index contributed by atoms with van der Waals surface area (Å²) in [6.07, 6.45) is -9.26. The van der Waals surface area contributed by atoms with E-state index >= 15 is 0 Å². The van der Waals surface area contributed by atoms with Crippen molar-refractivity contribution >= 4 is 0 Å². The normalized spacial score (nSPS) is 22.4. The Morgan fingerprint density at radius 3 is 2.30 bits per heavy atom. The molecule has 0 aliphatic carbocycles. The fraction of sp³-hybridized carbons (Fsp3) is 1.00. The number of methoxy groups -OCH3 is 2. The van der Waals surface area contributed by atoms with Crippen LogP contribution in [0.4, 0.5) is 22.0 Å². The molecular weight excluding hydrogens is 287 g/mol. The minimum Gasteiger partial charge on any atom is -0.383 e. The van der Waals surface area contributed by atoms with Crippen LogP contribution in [0.1, 0.15) is 6.42 Å². The molecule has 120 valence electrons. The van der Waals surface area contributed by atoms with Gasteiger partial charge in [-0.3, -0.25) is 0 Å². The lowest BCUT2D eigenvalue weighted by molar-refractivity contribution is -0.240. The van der Waals surface area contributed by atoms with Gasteiger partial charge in [-0.1, -0.05) is 0 Å². The lowest BCUT2D eigenvalue weighted by atomic mass is 10.2. The van der Waals surface area contributed by atoms with Crippen molar-refractivity contribution in [2.45, 2.75) is 24.8 Å². The van der Waals surface area contributed by atoms with E-state index in [1.165, 1.54) is 14.2 Å². The Balaban J connectivity index is 2.76. The molecule has 0 radical (unpaired) electrons. The standard InChI is InChI=1S/C11H19F5N2O2/c1-19-6-5-17-3-4-18(11(17,15)16)9(8-20-2)7-10(12,13)14/h9H,3-8H2,1-2H3. The highest BCUT2D eigenvalue weighted by molar-refractivity contribution is 4.87. The lowest BCUT2D eigenvalue weighted by Gasteiger charge is -2.34. The minimum atomic E-state index is -4.51. The molecule has 0 spiro atoms. The van der Waals surface area contributed by atoms with Crippen LogP contribution >= 0.6 is 0 Å². The maximum Gasteiger partial charge on any atom is 0.390 e. The number of alkyl halides is 5. The monoisotopic (exact) mass is 306 g/mol. The highest BCUT2D eigenvalue weighted by atomic mass is 19.4. The fourth-order valence-corrected chi connectivity index (χ4v) is 2.25.